The van der Waals surface area contributed by atoms with Crippen LogP contribution in [-0.2, 0) is 16.1 Å². The minimum absolute atomic E-state index is 0.0650. The predicted octanol–water partition coefficient (Wildman–Crippen LogP) is 3.58. The van der Waals surface area contributed by atoms with Crippen LogP contribution in [0.4, 0.5) is 4.79 Å². The number of benzene rings is 1. The van der Waals surface area contributed by atoms with Crippen LogP contribution >= 0.6 is 15.9 Å². The van der Waals surface area contributed by atoms with Gasteiger partial charge in [0.2, 0.25) is 5.91 Å². The van der Waals surface area contributed by atoms with E-state index in [0.717, 1.165) is 28.6 Å². The lowest BCUT2D eigenvalue weighted by Crippen LogP contribution is -2.44. The van der Waals surface area contributed by atoms with Crippen LogP contribution in [0.25, 0.3) is 11.3 Å². The van der Waals surface area contributed by atoms with Gasteiger partial charge in [-0.15, -0.1) is 0 Å². The molecular formula is C21H22BrN3O4. The summed E-state index contributed by atoms with van der Waals surface area (Å²) in [6, 6.07) is 11.0. The summed E-state index contributed by atoms with van der Waals surface area (Å²) in [6.07, 6.45) is 3.30. The van der Waals surface area contributed by atoms with Crippen molar-refractivity contribution in [3.63, 3.8) is 0 Å². The molecule has 1 aromatic carbocycles. The van der Waals surface area contributed by atoms with E-state index >= 15 is 0 Å². The zero-order valence-electron chi connectivity index (χ0n) is 15.9. The quantitative estimate of drug-likeness (QED) is 0.645. The predicted molar refractivity (Wildman–Crippen MR) is 110 cm³/mol. The van der Waals surface area contributed by atoms with Gasteiger partial charge in [-0.2, -0.15) is 0 Å². The average Bonchev–Trinajstić information content (AvgIpc) is 3.41. The molecule has 0 unspecified atom stereocenters. The number of hydrogen-bond acceptors (Lipinski definition) is 4. The monoisotopic (exact) mass is 459 g/mol. The molecule has 2 fully saturated rings. The second kappa shape index (κ2) is 8.02. The van der Waals surface area contributed by atoms with Crippen molar-refractivity contribution < 1.29 is 18.8 Å². The van der Waals surface area contributed by atoms with Crippen molar-refractivity contribution in [3.05, 3.63) is 46.6 Å². The molecule has 0 atom stereocenters. The van der Waals surface area contributed by atoms with Gasteiger partial charge in [-0.25, -0.2) is 4.79 Å². The molecule has 4 rings (SSSR count). The SMILES string of the molecule is O=C(CCN1C(=O)NC2(CCCC2)C1=O)NCc1ccc(-c2ccc(Br)cc2)o1. The van der Waals surface area contributed by atoms with E-state index in [1.54, 1.807) is 0 Å². The van der Waals surface area contributed by atoms with Crippen molar-refractivity contribution in [1.29, 1.82) is 0 Å². The van der Waals surface area contributed by atoms with E-state index in [2.05, 4.69) is 26.6 Å². The Morgan fingerprint density at radius 3 is 2.59 bits per heavy atom. The van der Waals surface area contributed by atoms with Crippen molar-refractivity contribution in [3.8, 4) is 11.3 Å². The van der Waals surface area contributed by atoms with E-state index < -0.39 is 11.6 Å². The normalized spacial score (nSPS) is 17.8. The number of nitrogens with zero attached hydrogens (tertiary/aromatic N) is 1. The minimum Gasteiger partial charge on any atom is -0.459 e. The molecule has 2 N–H and O–H groups in total. The van der Waals surface area contributed by atoms with Gasteiger partial charge in [0.1, 0.15) is 17.1 Å². The summed E-state index contributed by atoms with van der Waals surface area (Å²) in [4.78, 5) is 38.1. The van der Waals surface area contributed by atoms with E-state index in [1.807, 2.05) is 36.4 Å². The Morgan fingerprint density at radius 2 is 1.86 bits per heavy atom. The van der Waals surface area contributed by atoms with Crippen molar-refractivity contribution in [2.75, 3.05) is 6.54 Å². The molecule has 2 heterocycles. The van der Waals surface area contributed by atoms with Crippen LogP contribution in [0.5, 0.6) is 0 Å². The third-order valence-corrected chi connectivity index (χ3v) is 6.04. The zero-order chi connectivity index (χ0) is 20.4. The lowest BCUT2D eigenvalue weighted by molar-refractivity contribution is -0.131. The molecule has 0 radical (unpaired) electrons. The van der Waals surface area contributed by atoms with Crippen LogP contribution in [-0.4, -0.2) is 34.8 Å². The lowest BCUT2D eigenvalue weighted by Gasteiger charge is -2.19. The highest BCUT2D eigenvalue weighted by Gasteiger charge is 2.52. The highest BCUT2D eigenvalue weighted by molar-refractivity contribution is 9.10. The molecule has 2 aromatic rings. The molecule has 4 amide bonds. The fourth-order valence-electron chi connectivity index (χ4n) is 3.93. The Kier molecular flexibility index (Phi) is 5.45. The first kappa shape index (κ1) is 19.7. The van der Waals surface area contributed by atoms with Crippen molar-refractivity contribution in [2.45, 2.75) is 44.2 Å². The summed E-state index contributed by atoms with van der Waals surface area (Å²) < 4.78 is 6.77. The van der Waals surface area contributed by atoms with Crippen molar-refractivity contribution in [2.24, 2.45) is 0 Å². The van der Waals surface area contributed by atoms with Crippen LogP contribution in [0.15, 0.2) is 45.3 Å². The minimum atomic E-state index is -0.731. The van der Waals surface area contributed by atoms with Gasteiger partial charge in [-0.05, 0) is 37.1 Å². The maximum Gasteiger partial charge on any atom is 0.325 e. The number of nitrogens with one attached hydrogen (secondary N) is 2. The summed E-state index contributed by atoms with van der Waals surface area (Å²) in [5, 5.41) is 5.60. The standard InChI is InChI=1S/C21H22BrN3O4/c22-15-5-3-14(4-6-15)17-8-7-16(29-17)13-23-18(26)9-12-25-19(27)21(24-20(25)28)10-1-2-11-21/h3-8H,1-2,9-13H2,(H,23,26)(H,24,28). The Bertz CT molecular complexity index is 932. The molecule has 29 heavy (non-hydrogen) atoms. The summed E-state index contributed by atoms with van der Waals surface area (Å²) in [5.74, 6) is 0.927. The van der Waals surface area contributed by atoms with Gasteiger partial charge in [0.15, 0.2) is 0 Å². The van der Waals surface area contributed by atoms with Gasteiger partial charge >= 0.3 is 6.03 Å². The lowest BCUT2D eigenvalue weighted by atomic mass is 9.98. The fourth-order valence-corrected chi connectivity index (χ4v) is 4.19. The highest BCUT2D eigenvalue weighted by Crippen LogP contribution is 2.35. The zero-order valence-corrected chi connectivity index (χ0v) is 17.5. The summed E-state index contributed by atoms with van der Waals surface area (Å²) in [7, 11) is 0. The van der Waals surface area contributed by atoms with E-state index in [-0.39, 0.29) is 31.3 Å². The van der Waals surface area contributed by atoms with Gasteiger partial charge in [0, 0.05) is 23.0 Å². The number of rotatable bonds is 6. The first-order valence-corrected chi connectivity index (χ1v) is 10.5. The molecule has 1 aliphatic heterocycles. The molecule has 1 saturated heterocycles. The van der Waals surface area contributed by atoms with Crippen LogP contribution in [0.2, 0.25) is 0 Å². The van der Waals surface area contributed by atoms with Crippen LogP contribution in [0, 0.1) is 0 Å². The van der Waals surface area contributed by atoms with Crippen LogP contribution < -0.4 is 10.6 Å². The third kappa shape index (κ3) is 4.07. The molecule has 1 spiro atoms. The molecule has 1 saturated carbocycles. The second-order valence-corrected chi connectivity index (χ2v) is 8.39. The Morgan fingerprint density at radius 1 is 1.14 bits per heavy atom. The molecule has 152 valence electrons. The molecule has 2 aliphatic rings. The van der Waals surface area contributed by atoms with E-state index in [0.29, 0.717) is 18.6 Å². The number of amides is 4. The molecular weight excluding hydrogens is 438 g/mol. The van der Waals surface area contributed by atoms with Gasteiger partial charge in [-0.1, -0.05) is 40.9 Å². The summed E-state index contributed by atoms with van der Waals surface area (Å²) in [5.41, 5.74) is 0.218. The molecule has 0 bridgehead atoms. The number of urea groups is 1. The molecule has 1 aliphatic carbocycles. The largest absolute Gasteiger partial charge is 0.459 e. The molecule has 1 aromatic heterocycles. The van der Waals surface area contributed by atoms with Gasteiger partial charge in [-0.3, -0.25) is 14.5 Å². The average molecular weight is 460 g/mol. The van der Waals surface area contributed by atoms with Gasteiger partial charge in [0.25, 0.3) is 5.91 Å². The number of carbonyl (C=O) groups is 3. The first-order chi connectivity index (χ1) is 14.0. The topological polar surface area (TPSA) is 91.7 Å². The fraction of sp³-hybridized carbons (Fsp3) is 0.381. The second-order valence-electron chi connectivity index (χ2n) is 7.48. The maximum absolute atomic E-state index is 12.6. The highest BCUT2D eigenvalue weighted by atomic mass is 79.9. The summed E-state index contributed by atoms with van der Waals surface area (Å²) >= 11 is 3.40. The number of imide groups is 1. The van der Waals surface area contributed by atoms with Crippen molar-refractivity contribution >= 4 is 33.8 Å². The number of hydrogen-bond donors (Lipinski definition) is 2. The van der Waals surface area contributed by atoms with Crippen molar-refractivity contribution in [1.82, 2.24) is 15.5 Å². The maximum atomic E-state index is 12.6. The molecule has 8 heteroatoms. The number of carbonyl (C=O) groups excluding carboxylic acids is 3. The smallest absolute Gasteiger partial charge is 0.325 e. The molecule has 7 nitrogen and oxygen atoms in total. The van der Waals surface area contributed by atoms with Crippen LogP contribution in [0.3, 0.4) is 0 Å². The van der Waals surface area contributed by atoms with E-state index in [9.17, 15) is 14.4 Å². The number of halogens is 1. The van der Waals surface area contributed by atoms with E-state index in [1.165, 1.54) is 4.90 Å². The first-order valence-electron chi connectivity index (χ1n) is 9.72. The van der Waals surface area contributed by atoms with E-state index in [4.69, 9.17) is 4.42 Å². The van der Waals surface area contributed by atoms with Gasteiger partial charge in [0.05, 0.1) is 6.54 Å². The van der Waals surface area contributed by atoms with Gasteiger partial charge < -0.3 is 15.1 Å². The Labute approximate surface area is 176 Å². The Hall–Kier alpha value is -2.61. The third-order valence-electron chi connectivity index (χ3n) is 5.52. The number of furan rings is 1. The Balaban J connectivity index is 1.27. The summed E-state index contributed by atoms with van der Waals surface area (Å²) in [6.45, 7) is 0.333. The van der Waals surface area contributed by atoms with Crippen LogP contribution in [0.1, 0.15) is 37.9 Å².